The molecule has 0 rings (SSSR count). The van der Waals surface area contributed by atoms with E-state index in [1.54, 1.807) is 0 Å². The Kier molecular flexibility index (Phi) is 6.61. The second kappa shape index (κ2) is 6.90. The number of likely N-dealkylation sites (N-methyl/N-ethyl adjacent to an activating group) is 1. The number of hydrogen-bond acceptors (Lipinski definition) is 1. The predicted octanol–water partition coefficient (Wildman–Crippen LogP) is 3.24. The van der Waals surface area contributed by atoms with Crippen molar-refractivity contribution in [1.82, 2.24) is 4.90 Å². The molecule has 0 aromatic rings. The first-order valence-corrected chi connectivity index (χ1v) is 5.23. The molecule has 0 heterocycles. The largest absolute Gasteiger partial charge is 0.293 e. The van der Waals surface area contributed by atoms with Crippen LogP contribution in [0.1, 0.15) is 33.6 Å². The number of nitrogens with zero attached hydrogens (tertiary/aromatic N) is 1. The minimum atomic E-state index is 0.535. The molecule has 0 bridgehead atoms. The summed E-state index contributed by atoms with van der Waals surface area (Å²) in [7, 11) is 0. The molecule has 0 aliphatic carbocycles. The van der Waals surface area contributed by atoms with E-state index in [4.69, 9.17) is 0 Å². The fourth-order valence-electron chi connectivity index (χ4n) is 1.68. The molecule has 0 aromatic carbocycles. The van der Waals surface area contributed by atoms with E-state index in [1.807, 2.05) is 6.08 Å². The molecule has 0 amide bonds. The lowest BCUT2D eigenvalue weighted by Crippen LogP contribution is -2.35. The molecular weight excluding hydrogens is 158 g/mol. The average molecular weight is 181 g/mol. The highest BCUT2D eigenvalue weighted by Crippen LogP contribution is 2.15. The van der Waals surface area contributed by atoms with E-state index in [-0.39, 0.29) is 0 Å². The van der Waals surface area contributed by atoms with Gasteiger partial charge in [0.05, 0.1) is 0 Å². The minimum absolute atomic E-state index is 0.535. The van der Waals surface area contributed by atoms with Crippen molar-refractivity contribution in [2.75, 3.05) is 13.1 Å². The number of hydrogen-bond donors (Lipinski definition) is 0. The van der Waals surface area contributed by atoms with Gasteiger partial charge in [0.25, 0.3) is 0 Å². The van der Waals surface area contributed by atoms with Crippen LogP contribution in [0.4, 0.5) is 0 Å². The van der Waals surface area contributed by atoms with Crippen LogP contribution in [0.5, 0.6) is 0 Å². The summed E-state index contributed by atoms with van der Waals surface area (Å²) in [5, 5.41) is 0. The van der Waals surface area contributed by atoms with Gasteiger partial charge in [0.1, 0.15) is 0 Å². The Bertz CT molecular complexity index is 161. The Labute approximate surface area is 83.1 Å². The molecule has 0 fully saturated rings. The lowest BCUT2D eigenvalue weighted by molar-refractivity contribution is 0.249. The van der Waals surface area contributed by atoms with Crippen LogP contribution in [-0.2, 0) is 0 Å². The second-order valence-corrected chi connectivity index (χ2v) is 3.31. The van der Waals surface area contributed by atoms with E-state index in [0.717, 1.165) is 25.9 Å². The van der Waals surface area contributed by atoms with Crippen LogP contribution in [0.25, 0.3) is 0 Å². The first kappa shape index (κ1) is 12.4. The normalized spacial score (nSPS) is 12.9. The molecule has 0 aliphatic heterocycles. The highest BCUT2D eigenvalue weighted by Gasteiger charge is 2.15. The summed E-state index contributed by atoms with van der Waals surface area (Å²) in [6.07, 6.45) is 4.19. The topological polar surface area (TPSA) is 3.24 Å². The van der Waals surface area contributed by atoms with Gasteiger partial charge in [-0.2, -0.15) is 0 Å². The van der Waals surface area contributed by atoms with Gasteiger partial charge >= 0.3 is 0 Å². The Morgan fingerprint density at radius 2 is 2.00 bits per heavy atom. The lowest BCUT2D eigenvalue weighted by atomic mass is 10.0. The van der Waals surface area contributed by atoms with Crippen molar-refractivity contribution in [2.45, 2.75) is 39.7 Å². The van der Waals surface area contributed by atoms with Crippen LogP contribution in [0.3, 0.4) is 0 Å². The summed E-state index contributed by atoms with van der Waals surface area (Å²) in [5.74, 6) is 0. The van der Waals surface area contributed by atoms with E-state index in [1.165, 1.54) is 5.57 Å². The van der Waals surface area contributed by atoms with E-state index in [0.29, 0.717) is 6.04 Å². The van der Waals surface area contributed by atoms with Gasteiger partial charge in [-0.1, -0.05) is 39.0 Å². The molecule has 0 aliphatic rings. The van der Waals surface area contributed by atoms with Crippen LogP contribution >= 0.6 is 0 Å². The average Bonchev–Trinajstić information content (AvgIpc) is 2.17. The summed E-state index contributed by atoms with van der Waals surface area (Å²) in [6, 6.07) is 0.535. The van der Waals surface area contributed by atoms with Crippen LogP contribution in [0, 0.1) is 0 Å². The van der Waals surface area contributed by atoms with Crippen LogP contribution < -0.4 is 0 Å². The molecule has 0 saturated carbocycles. The van der Waals surface area contributed by atoms with Crippen molar-refractivity contribution >= 4 is 0 Å². The smallest absolute Gasteiger partial charge is 0.0305 e. The molecule has 1 atom stereocenters. The van der Waals surface area contributed by atoms with Crippen LogP contribution in [0.2, 0.25) is 0 Å². The maximum Gasteiger partial charge on any atom is 0.0305 e. The molecule has 0 radical (unpaired) electrons. The molecule has 76 valence electrons. The van der Waals surface area contributed by atoms with Gasteiger partial charge in [-0.25, -0.2) is 0 Å². The van der Waals surface area contributed by atoms with Crippen molar-refractivity contribution in [1.29, 1.82) is 0 Å². The third-order valence-corrected chi connectivity index (χ3v) is 2.52. The highest BCUT2D eigenvalue weighted by atomic mass is 15.1. The van der Waals surface area contributed by atoms with E-state index < -0.39 is 0 Å². The standard InChI is InChI=1S/C12H23N/c1-6-10-13(9-4)12(8-3)11(5)7-2/h6,12H,1,5,7-10H2,2-4H3. The zero-order valence-electron chi connectivity index (χ0n) is 9.34. The third-order valence-electron chi connectivity index (χ3n) is 2.52. The van der Waals surface area contributed by atoms with Crippen molar-refractivity contribution in [3.63, 3.8) is 0 Å². The maximum absolute atomic E-state index is 4.12. The lowest BCUT2D eigenvalue weighted by Gasteiger charge is -2.30. The SMILES string of the molecule is C=CCN(CC)C(CC)C(=C)CC. The summed E-state index contributed by atoms with van der Waals surface area (Å²) in [6.45, 7) is 16.5. The number of rotatable bonds is 7. The van der Waals surface area contributed by atoms with Crippen molar-refractivity contribution in [3.8, 4) is 0 Å². The monoisotopic (exact) mass is 181 g/mol. The summed E-state index contributed by atoms with van der Waals surface area (Å²) in [5.41, 5.74) is 1.34. The Morgan fingerprint density at radius 1 is 1.38 bits per heavy atom. The zero-order chi connectivity index (χ0) is 10.3. The Balaban J connectivity index is 4.32. The maximum atomic E-state index is 4.12. The quantitative estimate of drug-likeness (QED) is 0.545. The van der Waals surface area contributed by atoms with E-state index in [9.17, 15) is 0 Å². The molecule has 13 heavy (non-hydrogen) atoms. The Morgan fingerprint density at radius 3 is 2.31 bits per heavy atom. The van der Waals surface area contributed by atoms with Gasteiger partial charge in [0, 0.05) is 12.6 Å². The highest BCUT2D eigenvalue weighted by molar-refractivity contribution is 5.05. The van der Waals surface area contributed by atoms with Gasteiger partial charge in [0.15, 0.2) is 0 Å². The molecule has 0 aromatic heterocycles. The molecule has 1 nitrogen and oxygen atoms in total. The fourth-order valence-corrected chi connectivity index (χ4v) is 1.68. The van der Waals surface area contributed by atoms with E-state index >= 15 is 0 Å². The van der Waals surface area contributed by atoms with E-state index in [2.05, 4.69) is 38.8 Å². The molecular formula is C12H23N. The molecule has 1 unspecified atom stereocenters. The van der Waals surface area contributed by atoms with Crippen LogP contribution in [-0.4, -0.2) is 24.0 Å². The predicted molar refractivity (Wildman–Crippen MR) is 61.0 cm³/mol. The van der Waals surface area contributed by atoms with Gasteiger partial charge < -0.3 is 0 Å². The van der Waals surface area contributed by atoms with Crippen LogP contribution in [0.15, 0.2) is 24.8 Å². The molecule has 0 saturated heterocycles. The molecule has 0 spiro atoms. The van der Waals surface area contributed by atoms with Gasteiger partial charge in [-0.05, 0) is 19.4 Å². The third kappa shape index (κ3) is 3.77. The molecule has 1 heteroatoms. The first-order valence-electron chi connectivity index (χ1n) is 5.23. The second-order valence-electron chi connectivity index (χ2n) is 3.31. The van der Waals surface area contributed by atoms with Gasteiger partial charge in [-0.15, -0.1) is 6.58 Å². The molecule has 0 N–H and O–H groups in total. The minimum Gasteiger partial charge on any atom is -0.293 e. The van der Waals surface area contributed by atoms with Crippen molar-refractivity contribution in [3.05, 3.63) is 24.8 Å². The summed E-state index contributed by atoms with van der Waals surface area (Å²) >= 11 is 0. The summed E-state index contributed by atoms with van der Waals surface area (Å²) in [4.78, 5) is 2.42. The fraction of sp³-hybridized carbons (Fsp3) is 0.667. The van der Waals surface area contributed by atoms with Crippen molar-refractivity contribution in [2.24, 2.45) is 0 Å². The zero-order valence-corrected chi connectivity index (χ0v) is 9.34. The van der Waals surface area contributed by atoms with Crippen molar-refractivity contribution < 1.29 is 0 Å². The van der Waals surface area contributed by atoms with Gasteiger partial charge in [-0.3, -0.25) is 4.90 Å². The van der Waals surface area contributed by atoms with Gasteiger partial charge in [0.2, 0.25) is 0 Å². The first-order chi connectivity index (χ1) is 6.21. The summed E-state index contributed by atoms with van der Waals surface area (Å²) < 4.78 is 0. The Hall–Kier alpha value is -0.560.